The third-order valence-electron chi connectivity index (χ3n) is 8.49. The number of carboxylic acid groups (broad SMARTS) is 1. The first-order valence-electron chi connectivity index (χ1n) is 13.3. The number of likely N-dealkylation sites (tertiary alicyclic amines) is 1. The van der Waals surface area contributed by atoms with Gasteiger partial charge in [-0.15, -0.1) is 0 Å². The number of amides is 2. The highest BCUT2D eigenvalue weighted by Crippen LogP contribution is 2.49. The van der Waals surface area contributed by atoms with Crippen molar-refractivity contribution in [3.8, 4) is 0 Å². The Morgan fingerprint density at radius 2 is 1.79 bits per heavy atom. The van der Waals surface area contributed by atoms with E-state index in [1.165, 1.54) is 16.0 Å². The van der Waals surface area contributed by atoms with Gasteiger partial charge in [0.25, 0.3) is 0 Å². The number of fused-ring (bicyclic) bond motifs is 2. The Balaban J connectivity index is 1.61. The predicted octanol–water partition coefficient (Wildman–Crippen LogP) is 5.56. The number of likely N-dealkylation sites (N-methyl/N-ethyl adjacent to an activating group) is 2. The van der Waals surface area contributed by atoms with E-state index in [1.54, 1.807) is 37.2 Å². The summed E-state index contributed by atoms with van der Waals surface area (Å²) in [7, 11) is 3.25. The number of piperidine rings is 1. The van der Waals surface area contributed by atoms with Crippen LogP contribution in [0.2, 0.25) is 10.0 Å². The van der Waals surface area contributed by atoms with Crippen LogP contribution in [-0.2, 0) is 32.0 Å². The lowest BCUT2D eigenvalue weighted by Gasteiger charge is -2.46. The molecular weight excluding hydrogens is 557 g/mol. The van der Waals surface area contributed by atoms with Crippen LogP contribution >= 0.6 is 23.2 Å². The molecule has 2 aromatic rings. The van der Waals surface area contributed by atoms with Crippen molar-refractivity contribution >= 4 is 46.4 Å². The van der Waals surface area contributed by atoms with Gasteiger partial charge in [-0.3, -0.25) is 9.69 Å². The quantitative estimate of drug-likeness (QED) is 0.405. The zero-order chi connectivity index (χ0) is 28.5. The van der Waals surface area contributed by atoms with E-state index in [1.807, 2.05) is 26.0 Å². The van der Waals surface area contributed by atoms with Crippen LogP contribution in [0.3, 0.4) is 0 Å². The van der Waals surface area contributed by atoms with Gasteiger partial charge in [0.05, 0.1) is 15.6 Å². The van der Waals surface area contributed by atoms with Gasteiger partial charge in [-0.25, -0.2) is 4.79 Å². The third kappa shape index (κ3) is 5.77. The third-order valence-corrected chi connectivity index (χ3v) is 11.3. The van der Waals surface area contributed by atoms with Gasteiger partial charge in [-0.1, -0.05) is 67.4 Å². The first kappa shape index (κ1) is 30.0. The molecule has 1 unspecified atom stereocenters. The predicted molar refractivity (Wildman–Crippen MR) is 157 cm³/mol. The normalized spacial score (nSPS) is 20.1. The molecule has 0 radical (unpaired) electrons. The van der Waals surface area contributed by atoms with Crippen molar-refractivity contribution < 1.29 is 19.2 Å². The van der Waals surface area contributed by atoms with E-state index in [2.05, 4.69) is 17.0 Å². The Bertz CT molecular complexity index is 1220. The Kier molecular flexibility index (Phi) is 9.13. The van der Waals surface area contributed by atoms with Crippen LogP contribution in [0.25, 0.3) is 0 Å². The molecular formula is C29H37Cl2N3O4S. The van der Waals surface area contributed by atoms with Crippen molar-refractivity contribution in [1.29, 1.82) is 0 Å². The van der Waals surface area contributed by atoms with Crippen molar-refractivity contribution in [2.24, 2.45) is 5.92 Å². The Hall–Kier alpha value is -1.97. The van der Waals surface area contributed by atoms with Crippen LogP contribution < -0.4 is 0 Å². The van der Waals surface area contributed by atoms with Crippen LogP contribution in [0.4, 0.5) is 4.79 Å². The number of halogens is 2. The Morgan fingerprint density at radius 3 is 2.41 bits per heavy atom. The molecule has 10 heteroatoms. The summed E-state index contributed by atoms with van der Waals surface area (Å²) < 4.78 is 12.9. The maximum Gasteiger partial charge on any atom is 0.407 e. The van der Waals surface area contributed by atoms with Crippen molar-refractivity contribution in [1.82, 2.24) is 14.7 Å². The lowest BCUT2D eigenvalue weighted by atomic mass is 9.83. The standard InChI is InChI=1S/C29H37Cl2N3O4S/c1-20(2)26(35)32(3)19-28(33(4)27(36)37,22-9-10-24(30)25(31)17-22)11-14-34-15-12-29(13-16-34)23-8-6-5-7-21(23)18-39(29)38/h5-10,17,20H,11-16,18-19H2,1-4H3,(H,36,37)/t28?,39-/m0/s1. The number of benzene rings is 2. The summed E-state index contributed by atoms with van der Waals surface area (Å²) in [6.45, 7) is 5.94. The molecule has 212 valence electrons. The molecule has 2 aliphatic heterocycles. The molecule has 39 heavy (non-hydrogen) atoms. The number of hydrogen-bond donors (Lipinski definition) is 1. The molecule has 7 nitrogen and oxygen atoms in total. The van der Waals surface area contributed by atoms with Gasteiger partial charge in [-0.2, -0.15) is 0 Å². The number of carbonyl (C=O) groups excluding carboxylic acids is 1. The minimum Gasteiger partial charge on any atom is -0.615 e. The minimum atomic E-state index is -1.10. The van der Waals surface area contributed by atoms with Crippen molar-refractivity contribution in [2.45, 2.75) is 49.1 Å². The molecule has 4 rings (SSSR count). The number of carbonyl (C=O) groups is 2. The maximum absolute atomic E-state index is 13.2. The molecule has 2 heterocycles. The van der Waals surface area contributed by atoms with Crippen molar-refractivity contribution in [2.75, 3.05) is 40.3 Å². The topological polar surface area (TPSA) is 87.2 Å². The second-order valence-corrected chi connectivity index (χ2v) is 13.7. The monoisotopic (exact) mass is 593 g/mol. The van der Waals surface area contributed by atoms with E-state index in [0.717, 1.165) is 25.9 Å². The van der Waals surface area contributed by atoms with Gasteiger partial charge in [0.1, 0.15) is 5.75 Å². The van der Waals surface area contributed by atoms with Crippen molar-refractivity contribution in [3.05, 3.63) is 69.2 Å². The van der Waals surface area contributed by atoms with Gasteiger partial charge < -0.3 is 19.5 Å². The summed E-state index contributed by atoms with van der Waals surface area (Å²) in [6, 6.07) is 13.4. The molecule has 1 fully saturated rings. The van der Waals surface area contributed by atoms with E-state index in [-0.39, 0.29) is 23.1 Å². The number of rotatable bonds is 8. The average Bonchev–Trinajstić information content (AvgIpc) is 3.18. The van der Waals surface area contributed by atoms with Crippen LogP contribution in [-0.4, -0.2) is 76.6 Å². The Labute approximate surface area is 244 Å². The highest BCUT2D eigenvalue weighted by Gasteiger charge is 2.52. The second-order valence-electron chi connectivity index (χ2n) is 11.1. The summed E-state index contributed by atoms with van der Waals surface area (Å²) in [5, 5.41) is 10.9. The number of nitrogens with zero attached hydrogens (tertiary/aromatic N) is 3. The minimum absolute atomic E-state index is 0.0690. The molecule has 2 atom stereocenters. The van der Waals surface area contributed by atoms with Crippen LogP contribution in [0.5, 0.6) is 0 Å². The highest BCUT2D eigenvalue weighted by molar-refractivity contribution is 7.92. The summed E-state index contributed by atoms with van der Waals surface area (Å²) in [5.74, 6) is 0.307. The van der Waals surface area contributed by atoms with E-state index in [0.29, 0.717) is 34.3 Å². The molecule has 1 spiro atoms. The zero-order valence-electron chi connectivity index (χ0n) is 23.0. The summed E-state index contributed by atoms with van der Waals surface area (Å²) in [6.07, 6.45) is 0.922. The largest absolute Gasteiger partial charge is 0.615 e. The van der Waals surface area contributed by atoms with Crippen molar-refractivity contribution in [3.63, 3.8) is 0 Å². The summed E-state index contributed by atoms with van der Waals surface area (Å²) in [5.41, 5.74) is 2.03. The molecule has 2 aliphatic rings. The fraction of sp³-hybridized carbons (Fsp3) is 0.517. The molecule has 2 amide bonds. The molecule has 1 N–H and O–H groups in total. The maximum atomic E-state index is 13.2. The van der Waals surface area contributed by atoms with E-state index in [9.17, 15) is 19.2 Å². The molecule has 2 aromatic carbocycles. The number of hydrogen-bond acceptors (Lipinski definition) is 4. The second kappa shape index (κ2) is 11.9. The van der Waals surface area contributed by atoms with Gasteiger partial charge in [0, 0.05) is 70.2 Å². The first-order chi connectivity index (χ1) is 18.4. The van der Waals surface area contributed by atoms with Gasteiger partial charge in [0.2, 0.25) is 5.91 Å². The average molecular weight is 595 g/mol. The Morgan fingerprint density at radius 1 is 1.13 bits per heavy atom. The first-order valence-corrected chi connectivity index (χ1v) is 15.4. The van der Waals surface area contributed by atoms with E-state index >= 15 is 0 Å². The highest BCUT2D eigenvalue weighted by atomic mass is 35.5. The van der Waals surface area contributed by atoms with Crippen LogP contribution in [0, 0.1) is 5.92 Å². The lowest BCUT2D eigenvalue weighted by molar-refractivity contribution is -0.135. The lowest BCUT2D eigenvalue weighted by Crippen LogP contribution is -2.56. The molecule has 0 aliphatic carbocycles. The van der Waals surface area contributed by atoms with E-state index < -0.39 is 22.8 Å². The molecule has 1 saturated heterocycles. The molecule has 0 bridgehead atoms. The van der Waals surface area contributed by atoms with Gasteiger partial charge in [-0.05, 0) is 35.3 Å². The smallest absolute Gasteiger partial charge is 0.407 e. The van der Waals surface area contributed by atoms with Gasteiger partial charge in [0.15, 0.2) is 4.75 Å². The van der Waals surface area contributed by atoms with Gasteiger partial charge >= 0.3 is 6.09 Å². The molecule has 0 aromatic heterocycles. The van der Waals surface area contributed by atoms with Crippen LogP contribution in [0.1, 0.15) is 49.8 Å². The zero-order valence-corrected chi connectivity index (χ0v) is 25.3. The summed E-state index contributed by atoms with van der Waals surface area (Å²) in [4.78, 5) is 30.6. The SMILES string of the molecule is CC(C)C(=O)N(C)CC(CCN1CCC2(CC1)c1ccccc1C[S@+]2[O-])(c1ccc(Cl)c(Cl)c1)N(C)C(=O)O. The summed E-state index contributed by atoms with van der Waals surface area (Å²) >= 11 is 11.7. The fourth-order valence-electron chi connectivity index (χ4n) is 6.13. The fourth-order valence-corrected chi connectivity index (χ4v) is 8.32. The molecule has 0 saturated carbocycles. The van der Waals surface area contributed by atoms with Crippen LogP contribution in [0.15, 0.2) is 42.5 Å². The van der Waals surface area contributed by atoms with E-state index in [4.69, 9.17) is 23.2 Å².